The number of hydrogen-bond acceptors (Lipinski definition) is 1. The zero-order valence-corrected chi connectivity index (χ0v) is 8.54. The van der Waals surface area contributed by atoms with E-state index in [2.05, 4.69) is 0 Å². The highest BCUT2D eigenvalue weighted by Crippen LogP contribution is 2.39. The SMILES string of the molecule is CC[C@H](C)NC(=O)C(C(F)(F)F)C(F)(F)F. The largest absolute Gasteiger partial charge is 0.409 e. The quantitative estimate of drug-likeness (QED) is 0.767. The molecule has 0 aromatic rings. The van der Waals surface area contributed by atoms with Crippen molar-refractivity contribution in [2.75, 3.05) is 0 Å². The number of amides is 1. The van der Waals surface area contributed by atoms with Gasteiger partial charge >= 0.3 is 12.4 Å². The van der Waals surface area contributed by atoms with Crippen LogP contribution in [0.2, 0.25) is 0 Å². The van der Waals surface area contributed by atoms with Crippen LogP contribution in [0.5, 0.6) is 0 Å². The van der Waals surface area contributed by atoms with Crippen LogP contribution in [-0.2, 0) is 4.79 Å². The highest BCUT2D eigenvalue weighted by atomic mass is 19.4. The van der Waals surface area contributed by atoms with Crippen molar-refractivity contribution < 1.29 is 31.1 Å². The molecule has 96 valence electrons. The summed E-state index contributed by atoms with van der Waals surface area (Å²) < 4.78 is 72.2. The van der Waals surface area contributed by atoms with E-state index < -0.39 is 30.2 Å². The first kappa shape index (κ1) is 15.0. The van der Waals surface area contributed by atoms with Crippen LogP contribution in [0, 0.1) is 5.92 Å². The van der Waals surface area contributed by atoms with E-state index in [0.29, 0.717) is 0 Å². The molecule has 1 atom stereocenters. The van der Waals surface area contributed by atoms with Crippen molar-refractivity contribution in [3.05, 3.63) is 0 Å². The second-order valence-corrected chi connectivity index (χ2v) is 3.33. The Morgan fingerprint density at radius 3 is 1.75 bits per heavy atom. The van der Waals surface area contributed by atoms with E-state index in [-0.39, 0.29) is 6.42 Å². The van der Waals surface area contributed by atoms with Crippen molar-refractivity contribution in [1.29, 1.82) is 0 Å². The monoisotopic (exact) mass is 251 g/mol. The zero-order chi connectivity index (χ0) is 13.1. The van der Waals surface area contributed by atoms with Gasteiger partial charge in [0.05, 0.1) is 0 Å². The van der Waals surface area contributed by atoms with Gasteiger partial charge in [0.2, 0.25) is 11.8 Å². The minimum atomic E-state index is -5.63. The standard InChI is InChI=1S/C8H11F6NO/c1-3-4(2)15-6(16)5(7(9,10)11)8(12,13)14/h4-5H,3H2,1-2H3,(H,15,16)/t4-/m0/s1. The van der Waals surface area contributed by atoms with Crippen LogP contribution in [0.15, 0.2) is 0 Å². The molecule has 0 aliphatic carbocycles. The van der Waals surface area contributed by atoms with Gasteiger partial charge < -0.3 is 5.32 Å². The summed E-state index contributed by atoms with van der Waals surface area (Å²) in [6.07, 6.45) is -11.0. The van der Waals surface area contributed by atoms with Gasteiger partial charge in [-0.25, -0.2) is 0 Å². The van der Waals surface area contributed by atoms with Gasteiger partial charge in [-0.15, -0.1) is 0 Å². The summed E-state index contributed by atoms with van der Waals surface area (Å²) in [5.41, 5.74) is 0. The Morgan fingerprint density at radius 2 is 1.50 bits per heavy atom. The fraction of sp³-hybridized carbons (Fsp3) is 0.875. The summed E-state index contributed by atoms with van der Waals surface area (Å²) in [6, 6.07) is -0.736. The highest BCUT2D eigenvalue weighted by Gasteiger charge is 2.61. The van der Waals surface area contributed by atoms with E-state index in [9.17, 15) is 31.1 Å². The lowest BCUT2D eigenvalue weighted by Gasteiger charge is -2.23. The van der Waals surface area contributed by atoms with Gasteiger partial charge in [-0.1, -0.05) is 6.92 Å². The van der Waals surface area contributed by atoms with Gasteiger partial charge in [-0.2, -0.15) is 26.3 Å². The maximum Gasteiger partial charge on any atom is 0.409 e. The van der Waals surface area contributed by atoms with Gasteiger partial charge in [-0.3, -0.25) is 4.79 Å². The number of rotatable bonds is 3. The molecule has 0 aliphatic rings. The molecule has 0 saturated heterocycles. The van der Waals surface area contributed by atoms with Gasteiger partial charge in [0, 0.05) is 6.04 Å². The molecule has 0 radical (unpaired) electrons. The van der Waals surface area contributed by atoms with Crippen molar-refractivity contribution in [1.82, 2.24) is 5.32 Å². The predicted molar refractivity (Wildman–Crippen MR) is 43.5 cm³/mol. The van der Waals surface area contributed by atoms with Crippen LogP contribution in [0.1, 0.15) is 20.3 Å². The molecule has 0 aromatic carbocycles. The topological polar surface area (TPSA) is 29.1 Å². The van der Waals surface area contributed by atoms with E-state index in [1.807, 2.05) is 0 Å². The van der Waals surface area contributed by atoms with E-state index in [4.69, 9.17) is 0 Å². The molecule has 0 unspecified atom stereocenters. The molecule has 0 saturated carbocycles. The summed E-state index contributed by atoms with van der Waals surface area (Å²) in [7, 11) is 0. The van der Waals surface area contributed by atoms with Gasteiger partial charge in [0.25, 0.3) is 0 Å². The second-order valence-electron chi connectivity index (χ2n) is 3.33. The van der Waals surface area contributed by atoms with Gasteiger partial charge in [0.1, 0.15) is 0 Å². The number of carbonyl (C=O) groups excluding carboxylic acids is 1. The summed E-state index contributed by atoms with van der Waals surface area (Å²) in [4.78, 5) is 10.9. The minimum Gasteiger partial charge on any atom is -0.353 e. The second kappa shape index (κ2) is 4.92. The fourth-order valence-electron chi connectivity index (χ4n) is 0.911. The molecule has 0 aliphatic heterocycles. The van der Waals surface area contributed by atoms with E-state index >= 15 is 0 Å². The maximum atomic E-state index is 12.0. The molecule has 0 aromatic heterocycles. The number of halogens is 6. The Morgan fingerprint density at radius 1 is 1.12 bits per heavy atom. The summed E-state index contributed by atoms with van der Waals surface area (Å²) in [5, 5.41) is 1.66. The normalized spacial score (nSPS) is 15.1. The Labute approximate surface area is 88.0 Å². The summed E-state index contributed by atoms with van der Waals surface area (Å²) in [6.45, 7) is 2.85. The third-order valence-electron chi connectivity index (χ3n) is 1.92. The van der Waals surface area contributed by atoms with E-state index in [1.54, 1.807) is 5.32 Å². The van der Waals surface area contributed by atoms with Crippen molar-refractivity contribution >= 4 is 5.91 Å². The number of carbonyl (C=O) groups is 1. The van der Waals surface area contributed by atoms with Crippen LogP contribution < -0.4 is 5.32 Å². The predicted octanol–water partition coefficient (Wildman–Crippen LogP) is 2.64. The first-order valence-electron chi connectivity index (χ1n) is 4.44. The lowest BCUT2D eigenvalue weighted by molar-refractivity contribution is -0.274. The molecule has 16 heavy (non-hydrogen) atoms. The van der Waals surface area contributed by atoms with Crippen LogP contribution in [-0.4, -0.2) is 24.3 Å². The number of alkyl halides is 6. The molecule has 2 nitrogen and oxygen atoms in total. The molecule has 0 fully saturated rings. The molecular formula is C8H11F6NO. The van der Waals surface area contributed by atoms with Crippen LogP contribution in [0.4, 0.5) is 26.3 Å². The Hall–Kier alpha value is -0.950. The van der Waals surface area contributed by atoms with Crippen molar-refractivity contribution in [2.45, 2.75) is 38.7 Å². The van der Waals surface area contributed by atoms with Crippen LogP contribution in [0.25, 0.3) is 0 Å². The number of nitrogens with one attached hydrogen (secondary N) is 1. The van der Waals surface area contributed by atoms with Gasteiger partial charge in [-0.05, 0) is 13.3 Å². The Bertz CT molecular complexity index is 232. The molecule has 1 N–H and O–H groups in total. The minimum absolute atomic E-state index is 0.244. The van der Waals surface area contributed by atoms with Crippen molar-refractivity contribution in [3.8, 4) is 0 Å². The maximum absolute atomic E-state index is 12.0. The summed E-state index contributed by atoms with van der Waals surface area (Å²) in [5.74, 6) is -6.02. The lowest BCUT2D eigenvalue weighted by Crippen LogP contribution is -2.49. The Kier molecular flexibility index (Phi) is 4.63. The zero-order valence-electron chi connectivity index (χ0n) is 8.54. The average Bonchev–Trinajstić information content (AvgIpc) is 1.97. The lowest BCUT2D eigenvalue weighted by atomic mass is 10.1. The fourth-order valence-corrected chi connectivity index (χ4v) is 0.911. The number of hydrogen-bond donors (Lipinski definition) is 1. The van der Waals surface area contributed by atoms with Gasteiger partial charge in [0.15, 0.2) is 0 Å². The molecule has 1 amide bonds. The average molecular weight is 251 g/mol. The smallest absolute Gasteiger partial charge is 0.353 e. The van der Waals surface area contributed by atoms with E-state index in [0.717, 1.165) is 0 Å². The van der Waals surface area contributed by atoms with E-state index in [1.165, 1.54) is 13.8 Å². The highest BCUT2D eigenvalue weighted by molar-refractivity contribution is 5.80. The Balaban J connectivity index is 4.87. The molecule has 0 rings (SSSR count). The van der Waals surface area contributed by atoms with Crippen LogP contribution >= 0.6 is 0 Å². The molecule has 0 bridgehead atoms. The summed E-state index contributed by atoms with van der Waals surface area (Å²) >= 11 is 0. The first-order chi connectivity index (χ1) is 7.00. The molecule has 8 heteroatoms. The third-order valence-corrected chi connectivity index (χ3v) is 1.92. The van der Waals surface area contributed by atoms with Crippen molar-refractivity contribution in [3.63, 3.8) is 0 Å². The first-order valence-corrected chi connectivity index (χ1v) is 4.44. The molecular weight excluding hydrogens is 240 g/mol. The van der Waals surface area contributed by atoms with Crippen LogP contribution in [0.3, 0.4) is 0 Å². The van der Waals surface area contributed by atoms with Crippen molar-refractivity contribution in [2.24, 2.45) is 5.92 Å². The molecule has 0 spiro atoms. The molecule has 0 heterocycles. The third kappa shape index (κ3) is 4.28.